The molecule has 2 rings (SSSR count). The van der Waals surface area contributed by atoms with Crippen LogP contribution in [0.15, 0.2) is 54.6 Å². The van der Waals surface area contributed by atoms with Gasteiger partial charge in [-0.3, -0.25) is 4.79 Å². The average Bonchev–Trinajstić information content (AvgIpc) is 2.73. The van der Waals surface area contributed by atoms with Crippen molar-refractivity contribution in [3.63, 3.8) is 0 Å². The maximum atomic E-state index is 12.5. The number of para-hydroxylation sites is 1. The van der Waals surface area contributed by atoms with Crippen LogP contribution in [0.1, 0.15) is 18.9 Å². The molecule has 0 spiro atoms. The lowest BCUT2D eigenvalue weighted by Crippen LogP contribution is -2.37. The van der Waals surface area contributed by atoms with E-state index in [1.54, 1.807) is 48.5 Å². The molecule has 0 aliphatic carbocycles. The molecule has 0 heterocycles. The standard InChI is InChI=1S/C21H19N3O4/c1-16(28-19-10-8-17(14-23)9-11-19)21(26)27-15-20(25)24(13-5-12-22)18-6-3-2-4-7-18/h2-4,6-11,16H,5,13,15H2,1H3/t16-/m0/s1. The molecule has 1 amide bonds. The summed E-state index contributed by atoms with van der Waals surface area (Å²) in [6.45, 7) is 1.25. The van der Waals surface area contributed by atoms with E-state index in [1.807, 2.05) is 18.2 Å². The van der Waals surface area contributed by atoms with E-state index < -0.39 is 24.6 Å². The van der Waals surface area contributed by atoms with Gasteiger partial charge in [0, 0.05) is 12.2 Å². The first-order valence-corrected chi connectivity index (χ1v) is 8.61. The number of hydrogen-bond donors (Lipinski definition) is 0. The third-order valence-electron chi connectivity index (χ3n) is 3.78. The zero-order valence-corrected chi connectivity index (χ0v) is 15.4. The van der Waals surface area contributed by atoms with E-state index in [2.05, 4.69) is 0 Å². The van der Waals surface area contributed by atoms with Crippen LogP contribution in [0.5, 0.6) is 5.75 Å². The van der Waals surface area contributed by atoms with Gasteiger partial charge in [0.15, 0.2) is 12.7 Å². The molecular weight excluding hydrogens is 358 g/mol. The van der Waals surface area contributed by atoms with Crippen molar-refractivity contribution in [2.75, 3.05) is 18.1 Å². The van der Waals surface area contributed by atoms with Crippen LogP contribution in [0.25, 0.3) is 0 Å². The van der Waals surface area contributed by atoms with E-state index in [1.165, 1.54) is 11.8 Å². The van der Waals surface area contributed by atoms with Crippen LogP contribution in [-0.2, 0) is 14.3 Å². The molecule has 0 unspecified atom stereocenters. The summed E-state index contributed by atoms with van der Waals surface area (Å²) >= 11 is 0. The van der Waals surface area contributed by atoms with Gasteiger partial charge in [0.1, 0.15) is 5.75 Å². The van der Waals surface area contributed by atoms with Gasteiger partial charge in [0.05, 0.1) is 24.1 Å². The minimum atomic E-state index is -0.926. The van der Waals surface area contributed by atoms with Crippen LogP contribution in [-0.4, -0.2) is 31.1 Å². The Bertz CT molecular complexity index is 883. The molecule has 0 N–H and O–H groups in total. The van der Waals surface area contributed by atoms with Gasteiger partial charge in [-0.15, -0.1) is 0 Å². The highest BCUT2D eigenvalue weighted by Crippen LogP contribution is 2.15. The molecule has 0 saturated heterocycles. The SMILES string of the molecule is C[C@H](Oc1ccc(C#N)cc1)C(=O)OCC(=O)N(CCC#N)c1ccccc1. The van der Waals surface area contributed by atoms with Crippen molar-refractivity contribution < 1.29 is 19.1 Å². The van der Waals surface area contributed by atoms with Gasteiger partial charge in [-0.2, -0.15) is 10.5 Å². The highest BCUT2D eigenvalue weighted by atomic mass is 16.6. The number of carbonyl (C=O) groups excluding carboxylic acids is 2. The van der Waals surface area contributed by atoms with E-state index >= 15 is 0 Å². The zero-order chi connectivity index (χ0) is 20.4. The number of nitriles is 2. The zero-order valence-electron chi connectivity index (χ0n) is 15.4. The molecule has 0 aliphatic rings. The molecule has 142 valence electrons. The van der Waals surface area contributed by atoms with E-state index in [0.29, 0.717) is 17.0 Å². The number of nitrogens with zero attached hydrogens (tertiary/aromatic N) is 3. The maximum absolute atomic E-state index is 12.5. The van der Waals surface area contributed by atoms with Crippen LogP contribution >= 0.6 is 0 Å². The maximum Gasteiger partial charge on any atom is 0.347 e. The second kappa shape index (κ2) is 10.3. The molecule has 0 aliphatic heterocycles. The highest BCUT2D eigenvalue weighted by Gasteiger charge is 2.21. The Kier molecular flexibility index (Phi) is 7.56. The van der Waals surface area contributed by atoms with Crippen molar-refractivity contribution in [1.29, 1.82) is 10.5 Å². The second-order valence-corrected chi connectivity index (χ2v) is 5.79. The molecule has 0 fully saturated rings. The molecule has 28 heavy (non-hydrogen) atoms. The predicted octanol–water partition coefficient (Wildman–Crippen LogP) is 2.82. The minimum absolute atomic E-state index is 0.160. The third-order valence-corrected chi connectivity index (χ3v) is 3.78. The van der Waals surface area contributed by atoms with Crippen LogP contribution in [0.2, 0.25) is 0 Å². The monoisotopic (exact) mass is 377 g/mol. The van der Waals surface area contributed by atoms with Gasteiger partial charge in [0.2, 0.25) is 0 Å². The molecule has 1 atom stereocenters. The highest BCUT2D eigenvalue weighted by molar-refractivity contribution is 5.95. The normalized spacial score (nSPS) is 10.8. The van der Waals surface area contributed by atoms with Crippen molar-refractivity contribution in [3.05, 3.63) is 60.2 Å². The van der Waals surface area contributed by atoms with Crippen LogP contribution in [0.3, 0.4) is 0 Å². The van der Waals surface area contributed by atoms with Gasteiger partial charge in [-0.25, -0.2) is 4.79 Å². The smallest absolute Gasteiger partial charge is 0.347 e. The molecular formula is C21H19N3O4. The second-order valence-electron chi connectivity index (χ2n) is 5.79. The Morgan fingerprint density at radius 3 is 2.36 bits per heavy atom. The summed E-state index contributed by atoms with van der Waals surface area (Å²) in [6.07, 6.45) is -0.766. The van der Waals surface area contributed by atoms with Crippen LogP contribution in [0, 0.1) is 22.7 Å². The number of hydrogen-bond acceptors (Lipinski definition) is 6. The largest absolute Gasteiger partial charge is 0.479 e. The lowest BCUT2D eigenvalue weighted by atomic mass is 10.2. The predicted molar refractivity (Wildman–Crippen MR) is 101 cm³/mol. The van der Waals surface area contributed by atoms with Crippen molar-refractivity contribution in [2.45, 2.75) is 19.4 Å². The Hall–Kier alpha value is -3.84. The average molecular weight is 377 g/mol. The summed E-state index contributed by atoms with van der Waals surface area (Å²) in [5.74, 6) is -0.707. The number of amides is 1. The van der Waals surface area contributed by atoms with Gasteiger partial charge in [-0.05, 0) is 43.3 Å². The molecule has 7 heteroatoms. The summed E-state index contributed by atoms with van der Waals surface area (Å²) in [7, 11) is 0. The van der Waals surface area contributed by atoms with Crippen molar-refractivity contribution in [2.24, 2.45) is 0 Å². The molecule has 2 aromatic rings. The van der Waals surface area contributed by atoms with Crippen molar-refractivity contribution in [3.8, 4) is 17.9 Å². The van der Waals surface area contributed by atoms with Crippen LogP contribution < -0.4 is 9.64 Å². The molecule has 7 nitrogen and oxygen atoms in total. The van der Waals surface area contributed by atoms with E-state index in [9.17, 15) is 9.59 Å². The fourth-order valence-corrected chi connectivity index (χ4v) is 2.36. The number of esters is 1. The van der Waals surface area contributed by atoms with E-state index in [4.69, 9.17) is 20.0 Å². The first-order chi connectivity index (χ1) is 13.5. The number of ether oxygens (including phenoxy) is 2. The van der Waals surface area contributed by atoms with E-state index in [0.717, 1.165) is 0 Å². The summed E-state index contributed by atoms with van der Waals surface area (Å²) in [6, 6.07) is 19.2. The topological polar surface area (TPSA) is 103 Å². The number of anilines is 1. The lowest BCUT2D eigenvalue weighted by Gasteiger charge is -2.22. The van der Waals surface area contributed by atoms with Crippen molar-refractivity contribution in [1.82, 2.24) is 0 Å². The van der Waals surface area contributed by atoms with Crippen LogP contribution in [0.4, 0.5) is 5.69 Å². The first-order valence-electron chi connectivity index (χ1n) is 8.61. The van der Waals surface area contributed by atoms with Gasteiger partial charge in [0.25, 0.3) is 5.91 Å². The minimum Gasteiger partial charge on any atom is -0.479 e. The van der Waals surface area contributed by atoms with Crippen molar-refractivity contribution >= 4 is 17.6 Å². The summed E-state index contributed by atoms with van der Waals surface area (Å²) in [4.78, 5) is 26.0. The summed E-state index contributed by atoms with van der Waals surface area (Å²) in [5, 5.41) is 17.6. The number of benzene rings is 2. The molecule has 2 aromatic carbocycles. The fourth-order valence-electron chi connectivity index (χ4n) is 2.36. The molecule has 0 radical (unpaired) electrons. The number of carbonyl (C=O) groups is 2. The van der Waals surface area contributed by atoms with E-state index in [-0.39, 0.29) is 13.0 Å². The number of rotatable bonds is 8. The third kappa shape index (κ3) is 5.86. The van der Waals surface area contributed by atoms with Gasteiger partial charge in [-0.1, -0.05) is 18.2 Å². The Morgan fingerprint density at radius 2 is 1.75 bits per heavy atom. The Labute approximate surface area is 163 Å². The Balaban J connectivity index is 1.92. The van der Waals surface area contributed by atoms with Gasteiger partial charge < -0.3 is 14.4 Å². The molecule has 0 aromatic heterocycles. The molecule has 0 saturated carbocycles. The quantitative estimate of drug-likeness (QED) is 0.655. The first kappa shape index (κ1) is 20.5. The van der Waals surface area contributed by atoms with Gasteiger partial charge >= 0.3 is 5.97 Å². The summed E-state index contributed by atoms with van der Waals surface area (Å²) in [5.41, 5.74) is 1.10. The fraction of sp³-hybridized carbons (Fsp3) is 0.238. The lowest BCUT2D eigenvalue weighted by molar-refractivity contribution is -0.154. The molecule has 0 bridgehead atoms. The Morgan fingerprint density at radius 1 is 1.07 bits per heavy atom. The summed E-state index contributed by atoms with van der Waals surface area (Å²) < 4.78 is 10.5.